The molecule has 3 heterocycles. The van der Waals surface area contributed by atoms with E-state index in [-0.39, 0.29) is 53.6 Å². The first-order valence-electron chi connectivity index (χ1n) is 11.2. The van der Waals surface area contributed by atoms with E-state index in [2.05, 4.69) is 17.4 Å². The van der Waals surface area contributed by atoms with E-state index in [4.69, 9.17) is 9.72 Å². The van der Waals surface area contributed by atoms with E-state index in [1.165, 1.54) is 0 Å². The van der Waals surface area contributed by atoms with Crippen LogP contribution in [0.15, 0.2) is 42.5 Å². The largest absolute Gasteiger partial charge is 1.00 e. The van der Waals surface area contributed by atoms with Crippen molar-refractivity contribution in [2.45, 2.75) is 52.2 Å². The Balaban J connectivity index is 0.00000289. The Labute approximate surface area is 230 Å². The van der Waals surface area contributed by atoms with Crippen LogP contribution in [-0.2, 0) is 4.79 Å². The van der Waals surface area contributed by atoms with Gasteiger partial charge in [-0.2, -0.15) is 0 Å². The van der Waals surface area contributed by atoms with Gasteiger partial charge in [0.1, 0.15) is 11.9 Å². The number of carboxylic acid groups (broad SMARTS) is 1. The van der Waals surface area contributed by atoms with Crippen molar-refractivity contribution >= 4 is 44.2 Å². The third-order valence-corrected chi connectivity index (χ3v) is 7.64. The number of nitrogens with one attached hydrogen (secondary N) is 1. The minimum Gasteiger partial charge on any atom is -0.545 e. The molecule has 1 amide bonds. The number of benzene rings is 2. The van der Waals surface area contributed by atoms with Crippen LogP contribution in [0.3, 0.4) is 0 Å². The van der Waals surface area contributed by atoms with Crippen LogP contribution < -0.4 is 44.7 Å². The van der Waals surface area contributed by atoms with E-state index in [1.807, 2.05) is 45.9 Å². The number of hydrogen-bond acceptors (Lipinski definition) is 6. The number of ether oxygens (including phenoxy) is 1. The van der Waals surface area contributed by atoms with E-state index >= 15 is 0 Å². The molecule has 6 nitrogen and oxygen atoms in total. The predicted octanol–water partition coefficient (Wildman–Crippen LogP) is 1.54. The Kier molecular flexibility index (Phi) is 6.99. The molecule has 1 unspecified atom stereocenters. The maximum atomic E-state index is 12.3. The zero-order chi connectivity index (χ0) is 24.2. The van der Waals surface area contributed by atoms with Crippen molar-refractivity contribution in [2.75, 3.05) is 0 Å². The number of nitrogens with zero attached hydrogens (tertiary/aromatic N) is 1. The van der Waals surface area contributed by atoms with Gasteiger partial charge in [-0.3, -0.25) is 4.79 Å². The second kappa shape index (κ2) is 9.54. The van der Waals surface area contributed by atoms with Crippen LogP contribution in [0.1, 0.15) is 48.2 Å². The number of aryl methyl sites for hydroxylation is 2. The van der Waals surface area contributed by atoms with Gasteiger partial charge in [-0.15, -0.1) is 11.3 Å². The fraction of sp³-hybridized carbons (Fsp3) is 0.296. The molecule has 8 heteroatoms. The number of rotatable bonds is 4. The summed E-state index contributed by atoms with van der Waals surface area (Å²) in [5.74, 6) is -0.967. The number of fused-ring (bicyclic) bond motifs is 2. The van der Waals surface area contributed by atoms with E-state index in [0.717, 1.165) is 26.1 Å². The second-order valence-corrected chi connectivity index (χ2v) is 10.6. The average Bonchev–Trinajstić information content (AvgIpc) is 3.10. The molecule has 0 saturated carbocycles. The second-order valence-electron chi connectivity index (χ2n) is 9.58. The molecule has 174 valence electrons. The van der Waals surface area contributed by atoms with Crippen LogP contribution in [0.2, 0.25) is 0 Å². The quantitative estimate of drug-likeness (QED) is 0.433. The van der Waals surface area contributed by atoms with Crippen LogP contribution in [0.5, 0.6) is 5.75 Å². The van der Waals surface area contributed by atoms with Crippen LogP contribution in [0, 0.1) is 13.8 Å². The first-order valence-corrected chi connectivity index (χ1v) is 12.1. The maximum absolute atomic E-state index is 12.3. The molecule has 0 aliphatic carbocycles. The van der Waals surface area contributed by atoms with Crippen LogP contribution in [0.25, 0.3) is 31.6 Å². The third kappa shape index (κ3) is 4.83. The summed E-state index contributed by atoms with van der Waals surface area (Å²) >= 11 is 1.59. The number of hydrogen-bond donors (Lipinski definition) is 1. The van der Waals surface area contributed by atoms with Gasteiger partial charge >= 0.3 is 29.6 Å². The minimum atomic E-state index is -1.29. The number of carbonyl (C=O) groups is 2. The SMILES string of the molecule is Cc1c(-c2cc(C(=O)[O-])c3c(OC4CC(=O)NC(C)(C)C4)ccc(C)c3n2)sc2ccccc12.[Na+]. The summed E-state index contributed by atoms with van der Waals surface area (Å²) in [5.41, 5.74) is 2.70. The van der Waals surface area contributed by atoms with Crippen LogP contribution >= 0.6 is 11.3 Å². The van der Waals surface area contributed by atoms with Gasteiger partial charge in [0.25, 0.3) is 0 Å². The molecule has 5 rings (SSSR count). The first kappa shape index (κ1) is 25.6. The minimum absolute atomic E-state index is 0. The Hall–Kier alpha value is -2.45. The number of carbonyl (C=O) groups excluding carboxylic acids is 2. The first-order chi connectivity index (χ1) is 16.1. The van der Waals surface area contributed by atoms with E-state index in [1.54, 1.807) is 23.5 Å². The van der Waals surface area contributed by atoms with Crippen molar-refractivity contribution < 1.29 is 49.0 Å². The molecule has 1 fully saturated rings. The van der Waals surface area contributed by atoms with Crippen molar-refractivity contribution in [2.24, 2.45) is 0 Å². The number of carboxylic acids is 1. The molecular formula is C27H25N2NaO4S. The molecule has 1 atom stereocenters. The van der Waals surface area contributed by atoms with Gasteiger partial charge in [-0.1, -0.05) is 24.3 Å². The fourth-order valence-electron chi connectivity index (χ4n) is 4.83. The van der Waals surface area contributed by atoms with Gasteiger partial charge in [0.05, 0.1) is 33.9 Å². The number of piperidine rings is 1. The molecule has 0 radical (unpaired) electrons. The maximum Gasteiger partial charge on any atom is 1.00 e. The van der Waals surface area contributed by atoms with Gasteiger partial charge in [-0.25, -0.2) is 4.98 Å². The molecule has 35 heavy (non-hydrogen) atoms. The number of pyridine rings is 1. The van der Waals surface area contributed by atoms with Crippen molar-refractivity contribution in [1.82, 2.24) is 10.3 Å². The van der Waals surface area contributed by atoms with Crippen LogP contribution in [-0.4, -0.2) is 28.5 Å². The van der Waals surface area contributed by atoms with Crippen molar-refractivity contribution in [1.29, 1.82) is 0 Å². The van der Waals surface area contributed by atoms with Gasteiger partial charge in [0.15, 0.2) is 0 Å². The molecule has 0 spiro atoms. The molecule has 1 saturated heterocycles. The smallest absolute Gasteiger partial charge is 0.545 e. The van der Waals surface area contributed by atoms with Gasteiger partial charge in [0.2, 0.25) is 5.91 Å². The monoisotopic (exact) mass is 496 g/mol. The molecule has 1 aliphatic rings. The predicted molar refractivity (Wildman–Crippen MR) is 132 cm³/mol. The fourth-order valence-corrected chi connectivity index (χ4v) is 6.00. The van der Waals surface area contributed by atoms with Gasteiger partial charge < -0.3 is 20.0 Å². The van der Waals surface area contributed by atoms with Gasteiger partial charge in [0, 0.05) is 22.2 Å². The summed E-state index contributed by atoms with van der Waals surface area (Å²) in [7, 11) is 0. The van der Waals surface area contributed by atoms with Gasteiger partial charge in [-0.05, 0) is 62.4 Å². The standard InChI is InChI=1S/C27H26N2O4S.Na/c1-14-9-10-20(33-16-11-22(30)29-27(3,4)13-16)23-18(26(31)32)12-19(28-24(14)23)25-15(2)17-7-5-6-8-21(17)34-25;/h5-10,12,16H,11,13H2,1-4H3,(H,29,30)(H,31,32);/q;+1/p-1. The van der Waals surface area contributed by atoms with Crippen molar-refractivity contribution in [3.63, 3.8) is 0 Å². The Morgan fingerprint density at radius 1 is 1.20 bits per heavy atom. The molecule has 4 aromatic rings. The summed E-state index contributed by atoms with van der Waals surface area (Å²) in [4.78, 5) is 30.3. The Morgan fingerprint density at radius 3 is 2.63 bits per heavy atom. The third-order valence-electron chi connectivity index (χ3n) is 6.34. The summed E-state index contributed by atoms with van der Waals surface area (Å²) in [6.45, 7) is 7.82. The van der Waals surface area contributed by atoms with E-state index in [0.29, 0.717) is 28.8 Å². The number of aromatic carboxylic acids is 1. The normalized spacial score (nSPS) is 17.1. The molecule has 0 bridgehead atoms. The molecule has 2 aromatic carbocycles. The van der Waals surface area contributed by atoms with Crippen LogP contribution in [0.4, 0.5) is 0 Å². The Bertz CT molecular complexity index is 1480. The van der Waals surface area contributed by atoms with E-state index in [9.17, 15) is 14.7 Å². The topological polar surface area (TPSA) is 91.4 Å². The number of amides is 1. The average molecular weight is 497 g/mol. The molecule has 1 N–H and O–H groups in total. The number of aromatic nitrogens is 1. The Morgan fingerprint density at radius 2 is 1.94 bits per heavy atom. The van der Waals surface area contributed by atoms with E-state index < -0.39 is 11.5 Å². The summed E-state index contributed by atoms with van der Waals surface area (Å²) in [6, 6.07) is 13.3. The molecule has 1 aliphatic heterocycles. The summed E-state index contributed by atoms with van der Waals surface area (Å²) in [6.07, 6.45) is 0.460. The zero-order valence-electron chi connectivity index (χ0n) is 20.5. The number of thiophene rings is 1. The van der Waals surface area contributed by atoms with Crippen molar-refractivity contribution in [3.8, 4) is 16.3 Å². The zero-order valence-corrected chi connectivity index (χ0v) is 23.3. The van der Waals surface area contributed by atoms with Crippen molar-refractivity contribution in [3.05, 3.63) is 59.2 Å². The summed E-state index contributed by atoms with van der Waals surface area (Å²) < 4.78 is 7.37. The molecule has 2 aromatic heterocycles. The summed E-state index contributed by atoms with van der Waals surface area (Å²) in [5, 5.41) is 16.8. The molecular weight excluding hydrogens is 471 g/mol.